The Labute approximate surface area is 119 Å². The molecule has 1 atom stereocenters. The first-order chi connectivity index (χ1) is 9.15. The van der Waals surface area contributed by atoms with Crippen LogP contribution in [0.3, 0.4) is 0 Å². The van der Waals surface area contributed by atoms with E-state index in [0.717, 1.165) is 18.7 Å². The van der Waals surface area contributed by atoms with Crippen LogP contribution >= 0.6 is 11.6 Å². The second-order valence-corrected chi connectivity index (χ2v) is 5.31. The van der Waals surface area contributed by atoms with Gasteiger partial charge in [-0.25, -0.2) is 0 Å². The summed E-state index contributed by atoms with van der Waals surface area (Å²) in [5.74, 6) is 0.579. The first kappa shape index (κ1) is 13.9. The van der Waals surface area contributed by atoms with Crippen molar-refractivity contribution in [3.05, 3.63) is 35.4 Å². The first-order valence-electron chi connectivity index (χ1n) is 6.61. The van der Waals surface area contributed by atoms with E-state index >= 15 is 0 Å². The van der Waals surface area contributed by atoms with Gasteiger partial charge >= 0.3 is 0 Å². The van der Waals surface area contributed by atoms with Gasteiger partial charge in [0, 0.05) is 19.2 Å². The fourth-order valence-corrected chi connectivity index (χ4v) is 2.45. The molecule has 1 aliphatic rings. The van der Waals surface area contributed by atoms with Crippen LogP contribution in [0.1, 0.15) is 26.2 Å². The van der Waals surface area contributed by atoms with Gasteiger partial charge in [-0.15, -0.1) is 0 Å². The van der Waals surface area contributed by atoms with Crippen LogP contribution in [0.25, 0.3) is 0 Å². The molecule has 0 saturated carbocycles. The summed E-state index contributed by atoms with van der Waals surface area (Å²) in [6.07, 6.45) is 8.05. The Kier molecular flexibility index (Phi) is 4.86. The largest absolute Gasteiger partial charge is 0.385 e. The predicted octanol–water partition coefficient (Wildman–Crippen LogP) is 4.07. The number of benzene rings is 1. The molecule has 102 valence electrons. The van der Waals surface area contributed by atoms with Gasteiger partial charge in [-0.3, -0.25) is 4.79 Å². The van der Waals surface area contributed by atoms with E-state index in [1.54, 1.807) is 0 Å². The van der Waals surface area contributed by atoms with Crippen molar-refractivity contribution < 1.29 is 4.79 Å². The summed E-state index contributed by atoms with van der Waals surface area (Å²) in [5, 5.41) is 6.66. The molecule has 0 bridgehead atoms. The summed E-state index contributed by atoms with van der Waals surface area (Å²) < 4.78 is 0. The zero-order valence-electron chi connectivity index (χ0n) is 11.1. The maximum atomic E-state index is 11.0. The maximum absolute atomic E-state index is 11.0. The molecule has 0 spiro atoms. The van der Waals surface area contributed by atoms with Gasteiger partial charge < -0.3 is 10.6 Å². The van der Waals surface area contributed by atoms with Crippen molar-refractivity contribution >= 4 is 28.9 Å². The molecule has 0 fully saturated rings. The molecule has 0 aromatic heterocycles. The van der Waals surface area contributed by atoms with Crippen molar-refractivity contribution in [1.29, 1.82) is 0 Å². The molecule has 1 unspecified atom stereocenters. The minimum absolute atomic E-state index is 0.114. The number of hydrogen-bond acceptors (Lipinski definition) is 2. The predicted molar refractivity (Wildman–Crippen MR) is 80.7 cm³/mol. The van der Waals surface area contributed by atoms with E-state index in [-0.39, 0.29) is 5.91 Å². The number of nitrogens with one attached hydrogen (secondary N) is 2. The minimum atomic E-state index is -0.114. The van der Waals surface area contributed by atoms with Crippen molar-refractivity contribution in [3.63, 3.8) is 0 Å². The molecular formula is C15H19ClN2O. The normalized spacial score (nSPS) is 18.1. The standard InChI is InChI=1S/C15H19ClN2O/c1-11(19)18-15-8-7-13(9-14(15)16)17-10-12-5-3-2-4-6-12/h2-3,7-9,12,17H,4-6,10H2,1H3,(H,18,19). The lowest BCUT2D eigenvalue weighted by Gasteiger charge is -2.19. The summed E-state index contributed by atoms with van der Waals surface area (Å²) in [5.41, 5.74) is 1.65. The number of allylic oxidation sites excluding steroid dienone is 2. The molecule has 4 heteroatoms. The molecule has 0 heterocycles. The van der Waals surface area contributed by atoms with Crippen LogP contribution in [0.15, 0.2) is 30.4 Å². The number of carbonyl (C=O) groups excluding carboxylic acids is 1. The van der Waals surface area contributed by atoms with Gasteiger partial charge in [0.25, 0.3) is 0 Å². The maximum Gasteiger partial charge on any atom is 0.221 e. The summed E-state index contributed by atoms with van der Waals surface area (Å²) in [6.45, 7) is 2.43. The van der Waals surface area contributed by atoms with Gasteiger partial charge in [-0.05, 0) is 43.4 Å². The average molecular weight is 279 g/mol. The highest BCUT2D eigenvalue weighted by molar-refractivity contribution is 6.34. The summed E-state index contributed by atoms with van der Waals surface area (Å²) >= 11 is 6.13. The molecule has 1 aliphatic carbocycles. The highest BCUT2D eigenvalue weighted by atomic mass is 35.5. The van der Waals surface area contributed by atoms with E-state index in [4.69, 9.17) is 11.6 Å². The molecule has 19 heavy (non-hydrogen) atoms. The number of rotatable bonds is 4. The zero-order chi connectivity index (χ0) is 13.7. The lowest BCUT2D eigenvalue weighted by Crippen LogP contribution is -2.15. The van der Waals surface area contributed by atoms with E-state index in [9.17, 15) is 4.79 Å². The Morgan fingerprint density at radius 3 is 2.89 bits per heavy atom. The van der Waals surface area contributed by atoms with Gasteiger partial charge in [0.1, 0.15) is 0 Å². The smallest absolute Gasteiger partial charge is 0.221 e. The molecule has 0 radical (unpaired) electrons. The second-order valence-electron chi connectivity index (χ2n) is 4.91. The molecule has 2 N–H and O–H groups in total. The Morgan fingerprint density at radius 2 is 2.26 bits per heavy atom. The fourth-order valence-electron chi connectivity index (χ4n) is 2.22. The van der Waals surface area contributed by atoms with Gasteiger partial charge in [-0.2, -0.15) is 0 Å². The molecule has 0 aliphatic heterocycles. The third-order valence-corrected chi connectivity index (χ3v) is 3.57. The summed E-state index contributed by atoms with van der Waals surface area (Å²) in [6, 6.07) is 5.62. The Morgan fingerprint density at radius 1 is 1.42 bits per heavy atom. The number of carbonyl (C=O) groups is 1. The van der Waals surface area contributed by atoms with Crippen molar-refractivity contribution in [2.75, 3.05) is 17.2 Å². The van der Waals surface area contributed by atoms with Crippen LogP contribution in [0.4, 0.5) is 11.4 Å². The van der Waals surface area contributed by atoms with Crippen LogP contribution in [0.2, 0.25) is 5.02 Å². The van der Waals surface area contributed by atoms with Crippen molar-refractivity contribution in [2.24, 2.45) is 5.92 Å². The summed E-state index contributed by atoms with van der Waals surface area (Å²) in [7, 11) is 0. The molecule has 1 aromatic carbocycles. The average Bonchev–Trinajstić information content (AvgIpc) is 2.40. The number of amides is 1. The number of anilines is 2. The van der Waals surface area contributed by atoms with Crippen LogP contribution in [0.5, 0.6) is 0 Å². The fraction of sp³-hybridized carbons (Fsp3) is 0.400. The highest BCUT2D eigenvalue weighted by Crippen LogP contribution is 2.26. The van der Waals surface area contributed by atoms with Crippen LogP contribution in [-0.4, -0.2) is 12.5 Å². The Bertz CT molecular complexity index is 485. The summed E-state index contributed by atoms with van der Waals surface area (Å²) in [4.78, 5) is 11.0. The molecule has 3 nitrogen and oxygen atoms in total. The Hall–Kier alpha value is -1.48. The first-order valence-corrected chi connectivity index (χ1v) is 6.99. The Balaban J connectivity index is 1.92. The van der Waals surface area contributed by atoms with Crippen molar-refractivity contribution in [3.8, 4) is 0 Å². The second kappa shape index (κ2) is 6.62. The number of halogens is 1. The zero-order valence-corrected chi connectivity index (χ0v) is 11.8. The van der Waals surface area contributed by atoms with Crippen LogP contribution < -0.4 is 10.6 Å². The molecular weight excluding hydrogens is 260 g/mol. The topological polar surface area (TPSA) is 41.1 Å². The van der Waals surface area contributed by atoms with Crippen molar-refractivity contribution in [1.82, 2.24) is 0 Å². The van der Waals surface area contributed by atoms with E-state index in [1.165, 1.54) is 19.8 Å². The van der Waals surface area contributed by atoms with E-state index in [0.29, 0.717) is 16.6 Å². The van der Waals surface area contributed by atoms with Crippen LogP contribution in [0, 0.1) is 5.92 Å². The third kappa shape index (κ3) is 4.28. The molecule has 0 saturated heterocycles. The molecule has 1 aromatic rings. The lowest BCUT2D eigenvalue weighted by molar-refractivity contribution is -0.114. The SMILES string of the molecule is CC(=O)Nc1ccc(NCC2CC=CCC2)cc1Cl. The van der Waals surface area contributed by atoms with Crippen LogP contribution in [-0.2, 0) is 4.79 Å². The molecule has 2 rings (SSSR count). The quantitative estimate of drug-likeness (QED) is 0.815. The van der Waals surface area contributed by atoms with Gasteiger partial charge in [0.15, 0.2) is 0 Å². The molecule has 1 amide bonds. The van der Waals surface area contributed by atoms with E-state index < -0.39 is 0 Å². The minimum Gasteiger partial charge on any atom is -0.385 e. The lowest BCUT2D eigenvalue weighted by atomic mass is 9.94. The van der Waals surface area contributed by atoms with Gasteiger partial charge in [0.2, 0.25) is 5.91 Å². The monoisotopic (exact) mass is 278 g/mol. The van der Waals surface area contributed by atoms with Crippen molar-refractivity contribution in [2.45, 2.75) is 26.2 Å². The number of hydrogen-bond donors (Lipinski definition) is 2. The van der Waals surface area contributed by atoms with E-state index in [2.05, 4.69) is 22.8 Å². The van der Waals surface area contributed by atoms with E-state index in [1.807, 2.05) is 18.2 Å². The third-order valence-electron chi connectivity index (χ3n) is 3.25. The van der Waals surface area contributed by atoms with Gasteiger partial charge in [0.05, 0.1) is 10.7 Å². The highest BCUT2D eigenvalue weighted by Gasteiger charge is 2.10. The van der Waals surface area contributed by atoms with Gasteiger partial charge in [-0.1, -0.05) is 23.8 Å².